The van der Waals surface area contributed by atoms with E-state index in [0.29, 0.717) is 19.0 Å². The van der Waals surface area contributed by atoms with Crippen molar-refractivity contribution in [1.29, 1.82) is 0 Å². The molecule has 134 valence electrons. The van der Waals surface area contributed by atoms with Crippen molar-refractivity contribution >= 4 is 6.09 Å². The molecule has 1 amide bonds. The van der Waals surface area contributed by atoms with E-state index in [0.717, 1.165) is 17.8 Å². The molecule has 1 atom stereocenters. The Morgan fingerprint density at radius 3 is 2.71 bits per heavy atom. The van der Waals surface area contributed by atoms with Gasteiger partial charge in [-0.25, -0.2) is 4.79 Å². The van der Waals surface area contributed by atoms with Crippen LogP contribution in [-0.4, -0.2) is 44.6 Å². The zero-order valence-corrected chi connectivity index (χ0v) is 15.0. The number of fused-ring (bicyclic) bond motifs is 1. The molecule has 0 saturated heterocycles. The summed E-state index contributed by atoms with van der Waals surface area (Å²) in [6.45, 7) is 7.49. The Balaban J connectivity index is 1.73. The van der Waals surface area contributed by atoms with Crippen LogP contribution < -0.4 is 0 Å². The molecule has 3 rings (SSSR count). The lowest BCUT2D eigenvalue weighted by Gasteiger charge is -2.32. The van der Waals surface area contributed by atoms with Crippen molar-refractivity contribution in [2.24, 2.45) is 5.92 Å². The molecule has 0 spiro atoms. The van der Waals surface area contributed by atoms with Crippen LogP contribution in [-0.2, 0) is 17.8 Å². The van der Waals surface area contributed by atoms with Crippen molar-refractivity contribution in [3.63, 3.8) is 0 Å². The fraction of sp³-hybridized carbons (Fsp3) is 0.778. The molecule has 1 unspecified atom stereocenters. The van der Waals surface area contributed by atoms with Gasteiger partial charge in [-0.05, 0) is 39.5 Å². The van der Waals surface area contributed by atoms with Crippen LogP contribution in [0.1, 0.15) is 63.6 Å². The Morgan fingerprint density at radius 2 is 2.08 bits per heavy atom. The number of nitrogens with zero attached hydrogens (tertiary/aromatic N) is 3. The van der Waals surface area contributed by atoms with Gasteiger partial charge in [-0.1, -0.05) is 12.8 Å². The van der Waals surface area contributed by atoms with Gasteiger partial charge in [-0.3, -0.25) is 4.68 Å². The van der Waals surface area contributed by atoms with Crippen LogP contribution in [0, 0.1) is 5.92 Å². The van der Waals surface area contributed by atoms with Gasteiger partial charge in [0.05, 0.1) is 18.8 Å². The van der Waals surface area contributed by atoms with Crippen LogP contribution >= 0.6 is 0 Å². The topological polar surface area (TPSA) is 67.6 Å². The highest BCUT2D eigenvalue weighted by Gasteiger charge is 2.33. The van der Waals surface area contributed by atoms with Crippen molar-refractivity contribution in [2.45, 2.75) is 71.1 Å². The third-order valence-electron chi connectivity index (χ3n) is 4.85. The third kappa shape index (κ3) is 3.91. The molecule has 1 fully saturated rings. The number of hydrogen-bond acceptors (Lipinski definition) is 4. The highest BCUT2D eigenvalue weighted by molar-refractivity contribution is 5.68. The molecule has 6 nitrogen and oxygen atoms in total. The van der Waals surface area contributed by atoms with Crippen molar-refractivity contribution in [1.82, 2.24) is 14.7 Å². The predicted octanol–water partition coefficient (Wildman–Crippen LogP) is 2.90. The number of carbonyl (C=O) groups excluding carboxylic acids is 1. The second-order valence-corrected chi connectivity index (χ2v) is 8.15. The lowest BCUT2D eigenvalue weighted by Crippen LogP contribution is -2.42. The average molecular weight is 335 g/mol. The number of ether oxygens (including phenoxy) is 1. The Labute approximate surface area is 143 Å². The van der Waals surface area contributed by atoms with Gasteiger partial charge in [0.2, 0.25) is 0 Å². The SMILES string of the molecule is CC(C)(C)OC(=O)N1Cc2cn(CC3CCCC3)nc2C(CO)C1. The summed E-state index contributed by atoms with van der Waals surface area (Å²) < 4.78 is 7.49. The van der Waals surface area contributed by atoms with E-state index in [-0.39, 0.29) is 18.6 Å². The minimum absolute atomic E-state index is 0.00720. The number of aliphatic hydroxyl groups is 1. The molecule has 1 aromatic rings. The van der Waals surface area contributed by atoms with Gasteiger partial charge >= 0.3 is 6.09 Å². The number of aromatic nitrogens is 2. The number of hydrogen-bond donors (Lipinski definition) is 1. The summed E-state index contributed by atoms with van der Waals surface area (Å²) in [6, 6.07) is 0. The second kappa shape index (κ2) is 6.75. The molecule has 24 heavy (non-hydrogen) atoms. The molecule has 1 aromatic heterocycles. The van der Waals surface area contributed by atoms with E-state index in [4.69, 9.17) is 9.84 Å². The number of amides is 1. The zero-order chi connectivity index (χ0) is 17.3. The Morgan fingerprint density at radius 1 is 1.38 bits per heavy atom. The smallest absolute Gasteiger partial charge is 0.410 e. The lowest BCUT2D eigenvalue weighted by molar-refractivity contribution is 0.0189. The van der Waals surface area contributed by atoms with Crippen LogP contribution in [0.25, 0.3) is 0 Å². The largest absolute Gasteiger partial charge is 0.444 e. The average Bonchev–Trinajstić information content (AvgIpc) is 3.13. The summed E-state index contributed by atoms with van der Waals surface area (Å²) in [5.41, 5.74) is 1.46. The minimum atomic E-state index is -0.515. The molecule has 0 bridgehead atoms. The first-order valence-electron chi connectivity index (χ1n) is 9.00. The van der Waals surface area contributed by atoms with Crippen LogP contribution in [0.2, 0.25) is 0 Å². The van der Waals surface area contributed by atoms with Gasteiger partial charge in [0.1, 0.15) is 5.60 Å². The van der Waals surface area contributed by atoms with E-state index in [1.165, 1.54) is 25.7 Å². The van der Waals surface area contributed by atoms with E-state index in [9.17, 15) is 9.90 Å². The number of carbonyl (C=O) groups is 1. The summed E-state index contributed by atoms with van der Waals surface area (Å²) in [5, 5.41) is 14.4. The summed E-state index contributed by atoms with van der Waals surface area (Å²) in [5.74, 6) is 0.576. The van der Waals surface area contributed by atoms with Gasteiger partial charge in [-0.2, -0.15) is 5.10 Å². The molecule has 1 saturated carbocycles. The summed E-state index contributed by atoms with van der Waals surface area (Å²) in [4.78, 5) is 14.0. The standard InChI is InChI=1S/C18H29N3O3/c1-18(2,3)24-17(23)20-9-14-11-21(8-13-6-4-5-7-13)19-16(14)15(10-20)12-22/h11,13,15,22H,4-10,12H2,1-3H3. The summed E-state index contributed by atoms with van der Waals surface area (Å²) >= 11 is 0. The highest BCUT2D eigenvalue weighted by atomic mass is 16.6. The van der Waals surface area contributed by atoms with Crippen LogP contribution in [0.3, 0.4) is 0 Å². The van der Waals surface area contributed by atoms with Crippen molar-refractivity contribution in [3.8, 4) is 0 Å². The summed E-state index contributed by atoms with van der Waals surface area (Å²) in [6.07, 6.45) is 6.91. The van der Waals surface area contributed by atoms with Crippen molar-refractivity contribution in [3.05, 3.63) is 17.5 Å². The van der Waals surface area contributed by atoms with Crippen LogP contribution in [0.5, 0.6) is 0 Å². The summed E-state index contributed by atoms with van der Waals surface area (Å²) in [7, 11) is 0. The van der Waals surface area contributed by atoms with Gasteiger partial charge in [0.25, 0.3) is 0 Å². The predicted molar refractivity (Wildman–Crippen MR) is 90.7 cm³/mol. The van der Waals surface area contributed by atoms with Gasteiger partial charge in [0.15, 0.2) is 0 Å². The van der Waals surface area contributed by atoms with E-state index >= 15 is 0 Å². The Hall–Kier alpha value is -1.56. The fourth-order valence-electron chi connectivity index (χ4n) is 3.73. The lowest BCUT2D eigenvalue weighted by atomic mass is 9.98. The normalized spacial score (nSPS) is 21.8. The van der Waals surface area contributed by atoms with Crippen molar-refractivity contribution < 1.29 is 14.6 Å². The molecule has 1 N–H and O–H groups in total. The van der Waals surface area contributed by atoms with E-state index in [2.05, 4.69) is 0 Å². The molecular formula is C18H29N3O3. The third-order valence-corrected chi connectivity index (χ3v) is 4.85. The Bertz CT molecular complexity index is 585. The van der Waals surface area contributed by atoms with E-state index in [1.807, 2.05) is 31.6 Å². The number of rotatable bonds is 3. The fourth-order valence-corrected chi connectivity index (χ4v) is 3.73. The van der Waals surface area contributed by atoms with Crippen LogP contribution in [0.15, 0.2) is 6.20 Å². The van der Waals surface area contributed by atoms with Gasteiger partial charge < -0.3 is 14.7 Å². The molecule has 0 radical (unpaired) electrons. The Kier molecular flexibility index (Phi) is 4.85. The maximum atomic E-state index is 12.4. The van der Waals surface area contributed by atoms with Crippen molar-refractivity contribution in [2.75, 3.05) is 13.2 Å². The van der Waals surface area contributed by atoms with E-state index < -0.39 is 5.60 Å². The van der Waals surface area contributed by atoms with Gasteiger partial charge in [0, 0.05) is 30.8 Å². The van der Waals surface area contributed by atoms with Gasteiger partial charge in [-0.15, -0.1) is 0 Å². The maximum Gasteiger partial charge on any atom is 0.410 e. The molecular weight excluding hydrogens is 306 g/mol. The quantitative estimate of drug-likeness (QED) is 0.922. The molecule has 1 aliphatic carbocycles. The zero-order valence-electron chi connectivity index (χ0n) is 15.0. The minimum Gasteiger partial charge on any atom is -0.444 e. The first-order chi connectivity index (χ1) is 11.4. The molecule has 2 aliphatic rings. The molecule has 1 aliphatic heterocycles. The first-order valence-corrected chi connectivity index (χ1v) is 9.00. The monoisotopic (exact) mass is 335 g/mol. The highest BCUT2D eigenvalue weighted by Crippen LogP contribution is 2.30. The van der Waals surface area contributed by atoms with E-state index in [1.54, 1.807) is 4.90 Å². The first kappa shape index (κ1) is 17.3. The van der Waals surface area contributed by atoms with Crippen LogP contribution in [0.4, 0.5) is 4.79 Å². The number of aliphatic hydroxyl groups excluding tert-OH is 1. The molecule has 2 heterocycles. The maximum absolute atomic E-state index is 12.4. The molecule has 6 heteroatoms. The molecule has 0 aromatic carbocycles. The second-order valence-electron chi connectivity index (χ2n) is 8.15.